The van der Waals surface area contributed by atoms with Gasteiger partial charge in [-0.3, -0.25) is 9.59 Å². The highest BCUT2D eigenvalue weighted by Gasteiger charge is 2.73. The minimum Gasteiger partial charge on any atom is -0.392 e. The maximum absolute atomic E-state index is 12.9. The smallest absolute Gasteiger partial charge is 0.264 e. The fraction of sp³-hybridized carbons (Fsp3) is 0.538. The van der Waals surface area contributed by atoms with Crippen molar-refractivity contribution in [2.24, 2.45) is 0 Å². The van der Waals surface area contributed by atoms with Crippen LogP contribution >= 0.6 is 21.6 Å². The average Bonchev–Trinajstić information content (AvgIpc) is 2.83. The monoisotopic (exact) mass is 326 g/mol. The average molecular weight is 326 g/mol. The molecule has 5 rings (SSSR count). The Balaban J connectivity index is 1.90. The third-order valence-corrected chi connectivity index (χ3v) is 8.33. The molecule has 4 aliphatic heterocycles. The number of rotatable bonds is 1. The van der Waals surface area contributed by atoms with Gasteiger partial charge < -0.3 is 20.0 Å². The minimum atomic E-state index is -1.28. The molecule has 4 heterocycles. The second kappa shape index (κ2) is 4.07. The SMILES string of the molecule is CN1C(=O)[C@]23CC4=CC=C[C@H](O)[C@@H]4N2C(=O)[C@@]1(CO)SS3. The lowest BCUT2D eigenvalue weighted by Gasteiger charge is -2.58. The number of aliphatic hydroxyl groups is 2. The van der Waals surface area contributed by atoms with Crippen molar-refractivity contribution >= 4 is 33.4 Å². The first-order chi connectivity index (χ1) is 9.98. The van der Waals surface area contributed by atoms with Gasteiger partial charge in [0, 0.05) is 13.5 Å². The predicted octanol–water partition coefficient (Wildman–Crippen LogP) is -0.304. The van der Waals surface area contributed by atoms with E-state index in [4.69, 9.17) is 0 Å². The van der Waals surface area contributed by atoms with Crippen molar-refractivity contribution in [3.8, 4) is 0 Å². The Morgan fingerprint density at radius 2 is 2.14 bits per heavy atom. The first-order valence-electron chi connectivity index (χ1n) is 6.63. The Labute approximate surface area is 129 Å². The highest BCUT2D eigenvalue weighted by Crippen LogP contribution is 2.64. The summed E-state index contributed by atoms with van der Waals surface area (Å²) in [5.41, 5.74) is 0.892. The number of aliphatic hydroxyl groups excluding tert-OH is 2. The van der Waals surface area contributed by atoms with Crippen LogP contribution in [0, 0.1) is 0 Å². The summed E-state index contributed by atoms with van der Waals surface area (Å²) in [6.07, 6.45) is 4.87. The summed E-state index contributed by atoms with van der Waals surface area (Å²) in [4.78, 5) is 26.4. The third kappa shape index (κ3) is 1.35. The van der Waals surface area contributed by atoms with Crippen LogP contribution in [0.2, 0.25) is 0 Å². The highest BCUT2D eigenvalue weighted by molar-refractivity contribution is 8.78. The van der Waals surface area contributed by atoms with Gasteiger partial charge in [-0.05, 0) is 16.4 Å². The van der Waals surface area contributed by atoms with Crippen LogP contribution in [0.3, 0.4) is 0 Å². The first-order valence-corrected chi connectivity index (χ1v) is 8.78. The molecule has 2 bridgehead atoms. The van der Waals surface area contributed by atoms with Crippen LogP contribution in [0.4, 0.5) is 0 Å². The summed E-state index contributed by atoms with van der Waals surface area (Å²) in [5.74, 6) is -0.471. The Bertz CT molecular complexity index is 621. The summed E-state index contributed by atoms with van der Waals surface area (Å²) in [7, 11) is 4.14. The van der Waals surface area contributed by atoms with Crippen LogP contribution in [-0.2, 0) is 9.59 Å². The van der Waals surface area contributed by atoms with Crippen molar-refractivity contribution in [1.82, 2.24) is 9.80 Å². The lowest BCUT2D eigenvalue weighted by molar-refractivity contribution is -0.168. The molecule has 21 heavy (non-hydrogen) atoms. The zero-order valence-electron chi connectivity index (χ0n) is 11.2. The molecule has 1 spiro atoms. The highest BCUT2D eigenvalue weighted by atomic mass is 33.1. The molecule has 4 fully saturated rings. The van der Waals surface area contributed by atoms with E-state index in [1.165, 1.54) is 31.4 Å². The molecule has 0 aromatic carbocycles. The number of nitrogens with zero attached hydrogens (tertiary/aromatic N) is 2. The van der Waals surface area contributed by atoms with E-state index in [0.29, 0.717) is 6.42 Å². The predicted molar refractivity (Wildman–Crippen MR) is 79.0 cm³/mol. The van der Waals surface area contributed by atoms with Crippen LogP contribution in [0.15, 0.2) is 23.8 Å². The van der Waals surface area contributed by atoms with Crippen LogP contribution in [0.25, 0.3) is 0 Å². The zero-order chi connectivity index (χ0) is 15.0. The summed E-state index contributed by atoms with van der Waals surface area (Å²) >= 11 is 0. The number of piperazine rings is 1. The second-order valence-electron chi connectivity index (χ2n) is 5.67. The van der Waals surface area contributed by atoms with Crippen molar-refractivity contribution in [1.29, 1.82) is 0 Å². The fourth-order valence-electron chi connectivity index (χ4n) is 3.55. The maximum atomic E-state index is 12.9. The molecule has 2 N–H and O–H groups in total. The molecule has 112 valence electrons. The van der Waals surface area contributed by atoms with E-state index in [2.05, 4.69) is 0 Å². The molecule has 4 saturated heterocycles. The van der Waals surface area contributed by atoms with Gasteiger partial charge in [-0.1, -0.05) is 29.0 Å². The lowest BCUT2D eigenvalue weighted by Crippen LogP contribution is -2.77. The molecule has 2 amide bonds. The van der Waals surface area contributed by atoms with Gasteiger partial charge in [-0.2, -0.15) is 0 Å². The van der Waals surface area contributed by atoms with Gasteiger partial charge in [0.2, 0.25) is 4.87 Å². The Morgan fingerprint density at radius 3 is 2.86 bits per heavy atom. The van der Waals surface area contributed by atoms with Crippen molar-refractivity contribution in [3.05, 3.63) is 23.8 Å². The quantitative estimate of drug-likeness (QED) is 0.644. The van der Waals surface area contributed by atoms with E-state index in [9.17, 15) is 19.8 Å². The number of carbonyl (C=O) groups excluding carboxylic acids is 2. The van der Waals surface area contributed by atoms with E-state index in [0.717, 1.165) is 5.57 Å². The standard InChI is InChI=1S/C13H14N2O4S2/c1-14-10(18)12-5-7-3-2-4-8(17)9(7)15(12)11(19)13(14,6-16)21-20-12/h2-4,8-9,16-17H,5-6H2,1H3/t8-,9+,12+,13+/m0/s1. The van der Waals surface area contributed by atoms with Gasteiger partial charge in [-0.15, -0.1) is 0 Å². The molecule has 5 aliphatic rings. The van der Waals surface area contributed by atoms with E-state index in [-0.39, 0.29) is 11.8 Å². The Hall–Kier alpha value is -0.960. The molecule has 8 heteroatoms. The second-order valence-corrected chi connectivity index (χ2v) is 8.36. The molecule has 0 saturated carbocycles. The number of hydrogen-bond donors (Lipinski definition) is 2. The number of allylic oxidation sites excluding steroid dienone is 2. The minimum absolute atomic E-state index is 0.178. The molecule has 6 nitrogen and oxygen atoms in total. The number of carbonyl (C=O) groups is 2. The topological polar surface area (TPSA) is 81.1 Å². The fourth-order valence-corrected chi connectivity index (χ4v) is 7.12. The van der Waals surface area contributed by atoms with Crippen LogP contribution < -0.4 is 0 Å². The van der Waals surface area contributed by atoms with Crippen molar-refractivity contribution in [2.45, 2.75) is 28.3 Å². The molecule has 0 aromatic heterocycles. The molecule has 1 aliphatic carbocycles. The normalized spacial score (nSPS) is 44.0. The lowest BCUT2D eigenvalue weighted by atomic mass is 9.97. The zero-order valence-corrected chi connectivity index (χ0v) is 12.9. The molecule has 0 radical (unpaired) electrons. The van der Waals surface area contributed by atoms with Crippen LogP contribution in [0.1, 0.15) is 6.42 Å². The molecule has 4 atom stereocenters. The number of fused-ring (bicyclic) bond motifs is 3. The molecular formula is C13H14N2O4S2. The number of amides is 2. The summed E-state index contributed by atoms with van der Waals surface area (Å²) in [6.45, 7) is -0.435. The van der Waals surface area contributed by atoms with Gasteiger partial charge in [-0.25, -0.2) is 0 Å². The Kier molecular flexibility index (Phi) is 2.65. The van der Waals surface area contributed by atoms with E-state index >= 15 is 0 Å². The molecule has 0 unspecified atom stereocenters. The van der Waals surface area contributed by atoms with Crippen LogP contribution in [-0.4, -0.2) is 67.4 Å². The van der Waals surface area contributed by atoms with E-state index in [1.807, 2.05) is 6.08 Å². The van der Waals surface area contributed by atoms with Crippen molar-refractivity contribution in [3.63, 3.8) is 0 Å². The van der Waals surface area contributed by atoms with Crippen LogP contribution in [0.5, 0.6) is 0 Å². The first kappa shape index (κ1) is 13.7. The van der Waals surface area contributed by atoms with Gasteiger partial charge >= 0.3 is 0 Å². The summed E-state index contributed by atoms with van der Waals surface area (Å²) < 4.78 is 0. The van der Waals surface area contributed by atoms with E-state index in [1.54, 1.807) is 19.2 Å². The maximum Gasteiger partial charge on any atom is 0.264 e. The van der Waals surface area contributed by atoms with Gasteiger partial charge in [0.25, 0.3) is 11.8 Å². The number of hydrogen-bond acceptors (Lipinski definition) is 6. The Morgan fingerprint density at radius 1 is 1.38 bits per heavy atom. The summed E-state index contributed by atoms with van der Waals surface area (Å²) in [5, 5.41) is 20.0. The largest absolute Gasteiger partial charge is 0.392 e. The molecular weight excluding hydrogens is 312 g/mol. The van der Waals surface area contributed by atoms with E-state index < -0.39 is 28.5 Å². The van der Waals surface area contributed by atoms with Gasteiger partial charge in [0.15, 0.2) is 4.87 Å². The van der Waals surface area contributed by atoms with Crippen molar-refractivity contribution in [2.75, 3.05) is 13.7 Å². The number of likely N-dealkylation sites (N-methyl/N-ethyl adjacent to an activating group) is 1. The molecule has 0 aromatic rings. The summed E-state index contributed by atoms with van der Waals surface area (Å²) in [6, 6.07) is -0.500. The van der Waals surface area contributed by atoms with Gasteiger partial charge in [0.05, 0.1) is 18.8 Å². The third-order valence-electron chi connectivity index (χ3n) is 4.70. The van der Waals surface area contributed by atoms with Gasteiger partial charge in [0.1, 0.15) is 0 Å². The van der Waals surface area contributed by atoms with Crippen molar-refractivity contribution < 1.29 is 19.8 Å².